The third kappa shape index (κ3) is 4.69. The van der Waals surface area contributed by atoms with Crippen molar-refractivity contribution in [3.05, 3.63) is 35.4 Å². The number of fused-ring (bicyclic) bond motifs is 1. The van der Waals surface area contributed by atoms with Crippen LogP contribution in [-0.4, -0.2) is 71.3 Å². The Labute approximate surface area is 171 Å². The number of benzene rings is 1. The molecule has 1 saturated heterocycles. The molecule has 0 spiro atoms. The first kappa shape index (κ1) is 20.7. The number of hydrogen-bond acceptors (Lipinski definition) is 4. The molecule has 1 N–H and O–H groups in total. The number of hydrogen-bond donors (Lipinski definition) is 1. The molecule has 0 aliphatic carbocycles. The first-order chi connectivity index (χ1) is 13.7. The quantitative estimate of drug-likeness (QED) is 0.329. The van der Waals surface area contributed by atoms with Gasteiger partial charge in [0.1, 0.15) is 0 Å². The van der Waals surface area contributed by atoms with E-state index in [1.54, 1.807) is 24.3 Å². The molecular formula is C21H30N4O2S. The van der Waals surface area contributed by atoms with Gasteiger partial charge in [-0.2, -0.15) is 11.8 Å². The van der Waals surface area contributed by atoms with Gasteiger partial charge >= 0.3 is 0 Å². The molecule has 1 fully saturated rings. The van der Waals surface area contributed by atoms with Crippen LogP contribution in [0, 0.1) is 0 Å². The predicted molar refractivity (Wildman–Crippen MR) is 115 cm³/mol. The van der Waals surface area contributed by atoms with E-state index in [4.69, 9.17) is 4.99 Å². The Kier molecular flexibility index (Phi) is 7.36. The number of nitrogens with one attached hydrogen (secondary N) is 1. The van der Waals surface area contributed by atoms with Crippen LogP contribution in [0.1, 0.15) is 53.8 Å². The molecule has 152 valence electrons. The van der Waals surface area contributed by atoms with Crippen LogP contribution in [0.5, 0.6) is 0 Å². The zero-order valence-corrected chi connectivity index (χ0v) is 17.6. The lowest BCUT2D eigenvalue weighted by Gasteiger charge is -2.34. The van der Waals surface area contributed by atoms with Gasteiger partial charge in [-0.05, 0) is 38.3 Å². The molecule has 6 nitrogen and oxygen atoms in total. The molecule has 1 aromatic rings. The van der Waals surface area contributed by atoms with Crippen molar-refractivity contribution in [1.29, 1.82) is 0 Å². The minimum Gasteiger partial charge on any atom is -0.357 e. The van der Waals surface area contributed by atoms with Crippen LogP contribution in [0.4, 0.5) is 0 Å². The van der Waals surface area contributed by atoms with Crippen molar-refractivity contribution in [1.82, 2.24) is 15.1 Å². The molecule has 2 heterocycles. The van der Waals surface area contributed by atoms with Crippen LogP contribution in [0.2, 0.25) is 0 Å². The lowest BCUT2D eigenvalue weighted by atomic mass is 10.1. The summed E-state index contributed by atoms with van der Waals surface area (Å²) in [5.41, 5.74) is 1.04. The van der Waals surface area contributed by atoms with Crippen molar-refractivity contribution < 1.29 is 9.59 Å². The van der Waals surface area contributed by atoms with Crippen molar-refractivity contribution in [3.8, 4) is 0 Å². The third-order valence-corrected chi connectivity index (χ3v) is 6.53. The van der Waals surface area contributed by atoms with Crippen LogP contribution in [0.15, 0.2) is 29.3 Å². The Morgan fingerprint density at radius 1 is 1.18 bits per heavy atom. The van der Waals surface area contributed by atoms with Gasteiger partial charge in [0.15, 0.2) is 5.96 Å². The Morgan fingerprint density at radius 3 is 2.54 bits per heavy atom. The topological polar surface area (TPSA) is 65.0 Å². The standard InChI is InChI=1S/C21H30N4O2S/c1-3-16-15-24(13-14-28-16)21(22-4-2)23-11-7-8-12-25-19(26)17-9-5-6-10-18(17)20(25)27/h5-6,9-10,16H,3-4,7-8,11-15H2,1-2H3,(H,22,23). The number of guanidine groups is 1. The number of thioether (sulfide) groups is 1. The number of rotatable bonds is 7. The van der Waals surface area contributed by atoms with E-state index in [-0.39, 0.29) is 11.8 Å². The summed E-state index contributed by atoms with van der Waals surface area (Å²) < 4.78 is 0. The molecule has 28 heavy (non-hydrogen) atoms. The predicted octanol–water partition coefficient (Wildman–Crippen LogP) is 2.86. The molecule has 1 aromatic carbocycles. The summed E-state index contributed by atoms with van der Waals surface area (Å²) in [5, 5.41) is 4.08. The second-order valence-corrected chi connectivity index (χ2v) is 8.51. The lowest BCUT2D eigenvalue weighted by Crippen LogP contribution is -2.48. The van der Waals surface area contributed by atoms with Crippen LogP contribution in [0.25, 0.3) is 0 Å². The smallest absolute Gasteiger partial charge is 0.261 e. The van der Waals surface area contributed by atoms with E-state index < -0.39 is 0 Å². The lowest BCUT2D eigenvalue weighted by molar-refractivity contribution is 0.0652. The molecule has 2 amide bonds. The maximum atomic E-state index is 12.4. The van der Waals surface area contributed by atoms with Crippen molar-refractivity contribution in [3.63, 3.8) is 0 Å². The molecule has 2 aliphatic heterocycles. The van der Waals surface area contributed by atoms with Crippen molar-refractivity contribution in [2.45, 2.75) is 38.4 Å². The number of amides is 2. The van der Waals surface area contributed by atoms with Gasteiger partial charge in [0.2, 0.25) is 0 Å². The van der Waals surface area contributed by atoms with Gasteiger partial charge in [0, 0.05) is 43.7 Å². The normalized spacial score (nSPS) is 19.9. The highest BCUT2D eigenvalue weighted by Crippen LogP contribution is 2.23. The molecule has 0 radical (unpaired) electrons. The van der Waals surface area contributed by atoms with E-state index in [1.807, 2.05) is 11.8 Å². The number of aliphatic imine (C=N–C) groups is 1. The molecule has 7 heteroatoms. The summed E-state index contributed by atoms with van der Waals surface area (Å²) in [6.45, 7) is 8.42. The van der Waals surface area contributed by atoms with Crippen molar-refractivity contribution >= 4 is 29.5 Å². The number of nitrogens with zero attached hydrogens (tertiary/aromatic N) is 3. The van der Waals surface area contributed by atoms with Crippen molar-refractivity contribution in [2.75, 3.05) is 38.5 Å². The molecule has 0 bridgehead atoms. The Hall–Kier alpha value is -2.02. The third-order valence-electron chi connectivity index (χ3n) is 5.16. The molecular weight excluding hydrogens is 372 g/mol. The minimum absolute atomic E-state index is 0.172. The SMILES string of the molecule is CCNC(=NCCCCN1C(=O)c2ccccc2C1=O)N1CCSC(CC)C1. The van der Waals surface area contributed by atoms with E-state index in [9.17, 15) is 9.59 Å². The van der Waals surface area contributed by atoms with Gasteiger partial charge in [-0.3, -0.25) is 19.5 Å². The van der Waals surface area contributed by atoms with Gasteiger partial charge in [-0.25, -0.2) is 0 Å². The fourth-order valence-corrected chi connectivity index (χ4v) is 4.77. The van der Waals surface area contributed by atoms with E-state index >= 15 is 0 Å². The van der Waals surface area contributed by atoms with Crippen molar-refractivity contribution in [2.24, 2.45) is 4.99 Å². The van der Waals surface area contributed by atoms with Gasteiger partial charge < -0.3 is 10.2 Å². The zero-order chi connectivity index (χ0) is 19.9. The monoisotopic (exact) mass is 402 g/mol. The summed E-state index contributed by atoms with van der Waals surface area (Å²) in [4.78, 5) is 33.3. The zero-order valence-electron chi connectivity index (χ0n) is 16.8. The highest BCUT2D eigenvalue weighted by Gasteiger charge is 2.34. The second kappa shape index (κ2) is 9.96. The van der Waals surface area contributed by atoms with E-state index in [2.05, 4.69) is 24.1 Å². The molecule has 1 unspecified atom stereocenters. The minimum atomic E-state index is -0.172. The van der Waals surface area contributed by atoms with Crippen LogP contribution < -0.4 is 5.32 Å². The molecule has 2 aliphatic rings. The van der Waals surface area contributed by atoms with Gasteiger partial charge in [-0.15, -0.1) is 0 Å². The number of imide groups is 1. The van der Waals surface area contributed by atoms with Crippen LogP contribution in [-0.2, 0) is 0 Å². The molecule has 0 saturated carbocycles. The number of carbonyl (C=O) groups is 2. The largest absolute Gasteiger partial charge is 0.357 e. The Bertz CT molecular complexity index is 702. The average molecular weight is 403 g/mol. The maximum absolute atomic E-state index is 12.4. The van der Waals surface area contributed by atoms with Crippen LogP contribution >= 0.6 is 11.8 Å². The Balaban J connectivity index is 1.49. The summed E-state index contributed by atoms with van der Waals surface area (Å²) in [6, 6.07) is 7.05. The fraction of sp³-hybridized carbons (Fsp3) is 0.571. The summed E-state index contributed by atoms with van der Waals surface area (Å²) in [7, 11) is 0. The number of unbranched alkanes of at least 4 members (excludes halogenated alkanes) is 1. The fourth-order valence-electron chi connectivity index (χ4n) is 3.59. The van der Waals surface area contributed by atoms with E-state index in [1.165, 1.54) is 11.3 Å². The van der Waals surface area contributed by atoms with Crippen LogP contribution in [0.3, 0.4) is 0 Å². The van der Waals surface area contributed by atoms with Gasteiger partial charge in [0.25, 0.3) is 11.8 Å². The Morgan fingerprint density at radius 2 is 1.89 bits per heavy atom. The average Bonchev–Trinajstić information content (AvgIpc) is 2.97. The second-order valence-electron chi connectivity index (χ2n) is 7.10. The number of carbonyl (C=O) groups excluding carboxylic acids is 2. The first-order valence-corrected chi connectivity index (χ1v) is 11.3. The molecule has 1 atom stereocenters. The molecule has 0 aromatic heterocycles. The van der Waals surface area contributed by atoms with Gasteiger partial charge in [0.05, 0.1) is 11.1 Å². The molecule has 3 rings (SSSR count). The highest BCUT2D eigenvalue weighted by atomic mass is 32.2. The van der Waals surface area contributed by atoms with E-state index in [0.29, 0.717) is 29.5 Å². The first-order valence-electron chi connectivity index (χ1n) is 10.3. The maximum Gasteiger partial charge on any atom is 0.261 e. The summed E-state index contributed by atoms with van der Waals surface area (Å²) in [5.74, 6) is 1.78. The van der Waals surface area contributed by atoms with E-state index in [0.717, 1.165) is 44.2 Å². The highest BCUT2D eigenvalue weighted by molar-refractivity contribution is 8.00. The summed E-state index contributed by atoms with van der Waals surface area (Å²) in [6.07, 6.45) is 2.80. The van der Waals surface area contributed by atoms with Gasteiger partial charge in [-0.1, -0.05) is 19.1 Å². The summed E-state index contributed by atoms with van der Waals surface area (Å²) >= 11 is 2.05.